The van der Waals surface area contributed by atoms with Crippen molar-refractivity contribution in [3.8, 4) is 0 Å². The summed E-state index contributed by atoms with van der Waals surface area (Å²) in [7, 11) is 1.74. The Hall–Kier alpha value is -1.40. The smallest absolute Gasteiger partial charge is 0.226 e. The van der Waals surface area contributed by atoms with Gasteiger partial charge in [-0.25, -0.2) is 4.98 Å². The lowest BCUT2D eigenvalue weighted by Gasteiger charge is -2.45. The molecule has 0 bridgehead atoms. The van der Waals surface area contributed by atoms with E-state index in [0.717, 1.165) is 45.6 Å². The van der Waals surface area contributed by atoms with E-state index < -0.39 is 0 Å². The number of aromatic nitrogens is 2. The van der Waals surface area contributed by atoms with Crippen LogP contribution in [0.2, 0.25) is 0 Å². The Morgan fingerprint density at radius 1 is 1.35 bits per heavy atom. The lowest BCUT2D eigenvalue weighted by atomic mass is 9.93. The molecule has 128 valence electrons. The molecular weight excluding hydrogens is 292 g/mol. The van der Waals surface area contributed by atoms with Crippen molar-refractivity contribution in [3.63, 3.8) is 0 Å². The summed E-state index contributed by atoms with van der Waals surface area (Å²) in [5, 5.41) is 0. The Kier molecular flexibility index (Phi) is 5.02. The van der Waals surface area contributed by atoms with Crippen molar-refractivity contribution in [2.45, 2.75) is 45.3 Å². The Bertz CT molecular complexity index is 532. The molecule has 3 rings (SSSR count). The first-order valence-electron chi connectivity index (χ1n) is 8.62. The molecule has 1 saturated heterocycles. The summed E-state index contributed by atoms with van der Waals surface area (Å²) in [5.74, 6) is 0.437. The van der Waals surface area contributed by atoms with Crippen molar-refractivity contribution < 1.29 is 9.53 Å². The molecule has 0 unspecified atom stereocenters. The van der Waals surface area contributed by atoms with Crippen LogP contribution < -0.4 is 0 Å². The molecule has 0 radical (unpaired) electrons. The van der Waals surface area contributed by atoms with Crippen molar-refractivity contribution in [1.29, 1.82) is 0 Å². The summed E-state index contributed by atoms with van der Waals surface area (Å²) in [6.45, 7) is 8.65. The van der Waals surface area contributed by atoms with Gasteiger partial charge < -0.3 is 14.2 Å². The van der Waals surface area contributed by atoms with Crippen molar-refractivity contribution in [1.82, 2.24) is 19.4 Å². The van der Waals surface area contributed by atoms with Gasteiger partial charge in [0.2, 0.25) is 5.91 Å². The van der Waals surface area contributed by atoms with Crippen LogP contribution in [0, 0.1) is 5.92 Å². The van der Waals surface area contributed by atoms with E-state index in [-0.39, 0.29) is 5.92 Å². The number of fused-ring (bicyclic) bond motifs is 1. The average Bonchev–Trinajstić information content (AvgIpc) is 3.00. The molecule has 2 aliphatic heterocycles. The largest absolute Gasteiger partial charge is 0.383 e. The van der Waals surface area contributed by atoms with Crippen molar-refractivity contribution >= 4 is 5.91 Å². The van der Waals surface area contributed by atoms with E-state index in [4.69, 9.17) is 4.74 Å². The van der Waals surface area contributed by atoms with Gasteiger partial charge in [0.05, 0.1) is 12.9 Å². The molecule has 1 aromatic heterocycles. The Morgan fingerprint density at radius 2 is 2.09 bits per heavy atom. The maximum Gasteiger partial charge on any atom is 0.226 e. The molecule has 23 heavy (non-hydrogen) atoms. The van der Waals surface area contributed by atoms with Gasteiger partial charge in [-0.3, -0.25) is 9.69 Å². The van der Waals surface area contributed by atoms with Gasteiger partial charge in [-0.15, -0.1) is 0 Å². The van der Waals surface area contributed by atoms with Gasteiger partial charge in [-0.1, -0.05) is 0 Å². The molecule has 6 nitrogen and oxygen atoms in total. The lowest BCUT2D eigenvalue weighted by Crippen LogP contribution is -2.59. The Morgan fingerprint density at radius 3 is 2.78 bits per heavy atom. The molecule has 3 atom stereocenters. The van der Waals surface area contributed by atoms with Crippen LogP contribution >= 0.6 is 0 Å². The highest BCUT2D eigenvalue weighted by Crippen LogP contribution is 2.24. The number of carbonyl (C=O) groups excluding carboxylic acids is 1. The summed E-state index contributed by atoms with van der Waals surface area (Å²) < 4.78 is 7.37. The Balaban J connectivity index is 1.61. The number of ether oxygens (including phenoxy) is 1. The van der Waals surface area contributed by atoms with Crippen LogP contribution in [0.1, 0.15) is 26.0 Å². The molecule has 0 saturated carbocycles. The Labute approximate surface area is 138 Å². The zero-order valence-electron chi connectivity index (χ0n) is 14.4. The molecule has 0 N–H and O–H groups in total. The fourth-order valence-corrected chi connectivity index (χ4v) is 4.01. The van der Waals surface area contributed by atoms with Crippen LogP contribution in [-0.2, 0) is 22.5 Å². The molecule has 0 aromatic carbocycles. The molecule has 1 fully saturated rings. The van der Waals surface area contributed by atoms with Crippen LogP contribution in [0.4, 0.5) is 0 Å². The third-order valence-electron chi connectivity index (χ3n) is 5.29. The topological polar surface area (TPSA) is 50.6 Å². The van der Waals surface area contributed by atoms with Crippen LogP contribution in [0.15, 0.2) is 12.5 Å². The van der Waals surface area contributed by atoms with Gasteiger partial charge in [-0.05, 0) is 20.3 Å². The number of nitrogens with zero attached hydrogens (tertiary/aromatic N) is 4. The molecule has 0 spiro atoms. The minimum Gasteiger partial charge on any atom is -0.383 e. The first kappa shape index (κ1) is 16.5. The minimum absolute atomic E-state index is 0.115. The first-order chi connectivity index (χ1) is 11.1. The minimum atomic E-state index is 0.115. The predicted octanol–water partition coefficient (Wildman–Crippen LogP) is 1.01. The number of imidazole rings is 1. The zero-order chi connectivity index (χ0) is 16.4. The quantitative estimate of drug-likeness (QED) is 0.831. The number of piperazine rings is 1. The van der Waals surface area contributed by atoms with Crippen LogP contribution in [0.3, 0.4) is 0 Å². The summed E-state index contributed by atoms with van der Waals surface area (Å²) in [6, 6.07) is 0.763. The number of amides is 1. The van der Waals surface area contributed by atoms with Gasteiger partial charge in [-0.2, -0.15) is 0 Å². The molecule has 1 amide bonds. The molecular formula is C17H28N4O2. The first-order valence-corrected chi connectivity index (χ1v) is 8.62. The van der Waals surface area contributed by atoms with Gasteiger partial charge >= 0.3 is 0 Å². The van der Waals surface area contributed by atoms with Gasteiger partial charge in [0.25, 0.3) is 0 Å². The SMILES string of the molecule is COCCN1[C@H](C)CN(C(=O)[C@H]2CCn3cncc3C2)C[C@H]1C. The van der Waals surface area contributed by atoms with Gasteiger partial charge in [0.1, 0.15) is 0 Å². The number of aryl methyl sites for hydroxylation is 1. The van der Waals surface area contributed by atoms with Crippen molar-refractivity contribution in [2.24, 2.45) is 5.92 Å². The van der Waals surface area contributed by atoms with Gasteiger partial charge in [0.15, 0.2) is 0 Å². The second-order valence-electron chi connectivity index (χ2n) is 6.94. The van der Waals surface area contributed by atoms with E-state index in [2.05, 4.69) is 33.2 Å². The van der Waals surface area contributed by atoms with E-state index in [1.807, 2.05) is 12.5 Å². The molecule has 0 aliphatic carbocycles. The summed E-state index contributed by atoms with van der Waals surface area (Å²) in [4.78, 5) is 21.7. The fourth-order valence-electron chi connectivity index (χ4n) is 4.01. The maximum absolute atomic E-state index is 12.9. The highest BCUT2D eigenvalue weighted by atomic mass is 16.5. The number of hydrogen-bond acceptors (Lipinski definition) is 4. The van der Waals surface area contributed by atoms with E-state index in [1.165, 1.54) is 5.69 Å². The van der Waals surface area contributed by atoms with Crippen molar-refractivity contribution in [2.75, 3.05) is 33.4 Å². The van der Waals surface area contributed by atoms with Crippen molar-refractivity contribution in [3.05, 3.63) is 18.2 Å². The van der Waals surface area contributed by atoms with Crippen LogP contribution in [0.25, 0.3) is 0 Å². The normalized spacial score (nSPS) is 28.7. The highest BCUT2D eigenvalue weighted by molar-refractivity contribution is 5.79. The third-order valence-corrected chi connectivity index (χ3v) is 5.29. The van der Waals surface area contributed by atoms with E-state index in [9.17, 15) is 4.79 Å². The fraction of sp³-hybridized carbons (Fsp3) is 0.765. The van der Waals surface area contributed by atoms with E-state index >= 15 is 0 Å². The second kappa shape index (κ2) is 7.01. The van der Waals surface area contributed by atoms with Gasteiger partial charge in [0, 0.05) is 69.6 Å². The third kappa shape index (κ3) is 3.43. The molecule has 3 heterocycles. The highest BCUT2D eigenvalue weighted by Gasteiger charge is 2.35. The lowest BCUT2D eigenvalue weighted by molar-refractivity contribution is -0.140. The average molecular weight is 320 g/mol. The maximum atomic E-state index is 12.9. The van der Waals surface area contributed by atoms with E-state index in [1.54, 1.807) is 7.11 Å². The molecule has 1 aromatic rings. The van der Waals surface area contributed by atoms with Crippen LogP contribution in [0.5, 0.6) is 0 Å². The standard InChI is InChI=1S/C17H28N4O2/c1-13-10-20(11-14(2)21(13)6-7-23-3)17(22)15-4-5-19-12-18-9-16(19)8-15/h9,12-15H,4-8,10-11H2,1-3H3/t13-,14-,15+/m1/s1. The predicted molar refractivity (Wildman–Crippen MR) is 88.1 cm³/mol. The summed E-state index contributed by atoms with van der Waals surface area (Å²) in [6.07, 6.45) is 5.52. The monoisotopic (exact) mass is 320 g/mol. The zero-order valence-corrected chi connectivity index (χ0v) is 14.4. The second-order valence-corrected chi connectivity index (χ2v) is 6.94. The number of carbonyl (C=O) groups is 1. The molecule has 2 aliphatic rings. The number of rotatable bonds is 4. The number of hydrogen-bond donors (Lipinski definition) is 0. The van der Waals surface area contributed by atoms with E-state index in [0.29, 0.717) is 18.0 Å². The van der Waals surface area contributed by atoms with Crippen LogP contribution in [-0.4, -0.2) is 70.7 Å². The number of methoxy groups -OCH3 is 1. The molecule has 6 heteroatoms. The summed E-state index contributed by atoms with van der Waals surface area (Å²) in [5.41, 5.74) is 1.19. The summed E-state index contributed by atoms with van der Waals surface area (Å²) >= 11 is 0.